The van der Waals surface area contributed by atoms with Gasteiger partial charge >= 0.3 is 0 Å². The standard InChI is InChI=1S/C17H29N3/c1-3-17-14-20(12-11-19(17)2)13-16(18)10-9-15-7-5-4-6-8-15/h4-8,16-17H,3,9-14,18H2,1-2H3. The predicted octanol–water partition coefficient (Wildman–Crippen LogP) is 1.97. The maximum Gasteiger partial charge on any atom is 0.0218 e. The number of likely N-dealkylation sites (N-methyl/N-ethyl adjacent to an activating group) is 1. The third-order valence-electron chi connectivity index (χ3n) is 4.47. The van der Waals surface area contributed by atoms with Crippen LogP contribution in [0.2, 0.25) is 0 Å². The molecule has 2 rings (SSSR count). The third kappa shape index (κ3) is 4.58. The highest BCUT2D eigenvalue weighted by molar-refractivity contribution is 5.14. The van der Waals surface area contributed by atoms with Crippen molar-refractivity contribution in [3.63, 3.8) is 0 Å². The van der Waals surface area contributed by atoms with Gasteiger partial charge in [-0.3, -0.25) is 4.90 Å². The molecule has 1 aromatic carbocycles. The Kier molecular flexibility index (Phi) is 6.02. The van der Waals surface area contributed by atoms with Crippen LogP contribution in [0, 0.1) is 0 Å². The molecule has 1 saturated heterocycles. The number of piperazine rings is 1. The number of nitrogens with two attached hydrogens (primary N) is 1. The van der Waals surface area contributed by atoms with Gasteiger partial charge in [0.05, 0.1) is 0 Å². The minimum Gasteiger partial charge on any atom is -0.327 e. The molecule has 0 amide bonds. The molecule has 1 aliphatic heterocycles. The molecule has 0 bridgehead atoms. The van der Waals surface area contributed by atoms with E-state index in [4.69, 9.17) is 5.73 Å². The molecule has 1 aliphatic rings. The van der Waals surface area contributed by atoms with Gasteiger partial charge < -0.3 is 10.6 Å². The third-order valence-corrected chi connectivity index (χ3v) is 4.47. The van der Waals surface area contributed by atoms with E-state index in [1.807, 2.05) is 0 Å². The van der Waals surface area contributed by atoms with Gasteiger partial charge in [0.15, 0.2) is 0 Å². The van der Waals surface area contributed by atoms with Gasteiger partial charge in [0.2, 0.25) is 0 Å². The van der Waals surface area contributed by atoms with E-state index in [2.05, 4.69) is 54.1 Å². The van der Waals surface area contributed by atoms with Crippen molar-refractivity contribution in [2.24, 2.45) is 5.73 Å². The number of hydrogen-bond acceptors (Lipinski definition) is 3. The Bertz CT molecular complexity index is 379. The van der Waals surface area contributed by atoms with Crippen LogP contribution in [0.5, 0.6) is 0 Å². The normalized spacial score (nSPS) is 22.9. The van der Waals surface area contributed by atoms with E-state index in [1.165, 1.54) is 25.1 Å². The van der Waals surface area contributed by atoms with Crippen molar-refractivity contribution in [2.45, 2.75) is 38.3 Å². The Morgan fingerprint density at radius 2 is 2.00 bits per heavy atom. The number of benzene rings is 1. The van der Waals surface area contributed by atoms with Crippen molar-refractivity contribution >= 4 is 0 Å². The first kappa shape index (κ1) is 15.5. The lowest BCUT2D eigenvalue weighted by molar-refractivity contribution is 0.0884. The van der Waals surface area contributed by atoms with E-state index in [0.29, 0.717) is 6.04 Å². The monoisotopic (exact) mass is 275 g/mol. The SMILES string of the molecule is CCC1CN(CC(N)CCc2ccccc2)CCN1C. The predicted molar refractivity (Wildman–Crippen MR) is 85.9 cm³/mol. The summed E-state index contributed by atoms with van der Waals surface area (Å²) in [5.41, 5.74) is 7.71. The molecule has 0 radical (unpaired) electrons. The van der Waals surface area contributed by atoms with Crippen LogP contribution < -0.4 is 5.73 Å². The van der Waals surface area contributed by atoms with Crippen LogP contribution in [-0.4, -0.2) is 55.1 Å². The van der Waals surface area contributed by atoms with Crippen molar-refractivity contribution in [2.75, 3.05) is 33.2 Å². The van der Waals surface area contributed by atoms with Crippen LogP contribution in [0.25, 0.3) is 0 Å². The molecule has 2 unspecified atom stereocenters. The summed E-state index contributed by atoms with van der Waals surface area (Å²) in [5, 5.41) is 0. The molecular weight excluding hydrogens is 246 g/mol. The van der Waals surface area contributed by atoms with Gasteiger partial charge in [-0.1, -0.05) is 37.3 Å². The van der Waals surface area contributed by atoms with Crippen molar-refractivity contribution in [3.05, 3.63) is 35.9 Å². The van der Waals surface area contributed by atoms with E-state index in [1.54, 1.807) is 0 Å². The fraction of sp³-hybridized carbons (Fsp3) is 0.647. The van der Waals surface area contributed by atoms with E-state index >= 15 is 0 Å². The number of nitrogens with zero attached hydrogens (tertiary/aromatic N) is 2. The van der Waals surface area contributed by atoms with E-state index < -0.39 is 0 Å². The first-order chi connectivity index (χ1) is 9.69. The van der Waals surface area contributed by atoms with Gasteiger partial charge in [-0.05, 0) is 31.9 Å². The largest absolute Gasteiger partial charge is 0.327 e. The fourth-order valence-electron chi connectivity index (χ4n) is 3.04. The molecule has 1 heterocycles. The molecule has 3 nitrogen and oxygen atoms in total. The highest BCUT2D eigenvalue weighted by Crippen LogP contribution is 2.12. The maximum atomic E-state index is 6.32. The maximum absolute atomic E-state index is 6.32. The van der Waals surface area contributed by atoms with Gasteiger partial charge in [-0.2, -0.15) is 0 Å². The van der Waals surface area contributed by atoms with Gasteiger partial charge in [-0.25, -0.2) is 0 Å². The second-order valence-corrected chi connectivity index (χ2v) is 6.09. The highest BCUT2D eigenvalue weighted by atomic mass is 15.3. The summed E-state index contributed by atoms with van der Waals surface area (Å²) in [6.45, 7) is 6.82. The van der Waals surface area contributed by atoms with E-state index in [-0.39, 0.29) is 6.04 Å². The fourth-order valence-corrected chi connectivity index (χ4v) is 3.04. The quantitative estimate of drug-likeness (QED) is 0.861. The Morgan fingerprint density at radius 3 is 2.70 bits per heavy atom. The second kappa shape index (κ2) is 7.77. The van der Waals surface area contributed by atoms with Crippen LogP contribution in [0.3, 0.4) is 0 Å². The van der Waals surface area contributed by atoms with Gasteiger partial charge in [0.25, 0.3) is 0 Å². The Hall–Kier alpha value is -0.900. The van der Waals surface area contributed by atoms with Crippen LogP contribution in [0.15, 0.2) is 30.3 Å². The van der Waals surface area contributed by atoms with Gasteiger partial charge in [0.1, 0.15) is 0 Å². The molecule has 1 aromatic rings. The molecule has 3 heteroatoms. The molecule has 20 heavy (non-hydrogen) atoms. The summed E-state index contributed by atoms with van der Waals surface area (Å²) in [6, 6.07) is 11.6. The van der Waals surface area contributed by atoms with Crippen LogP contribution >= 0.6 is 0 Å². The second-order valence-electron chi connectivity index (χ2n) is 6.09. The van der Waals surface area contributed by atoms with E-state index in [0.717, 1.165) is 25.9 Å². The van der Waals surface area contributed by atoms with Crippen LogP contribution in [0.4, 0.5) is 0 Å². The first-order valence-electron chi connectivity index (χ1n) is 7.91. The smallest absolute Gasteiger partial charge is 0.0218 e. The van der Waals surface area contributed by atoms with Crippen molar-refractivity contribution < 1.29 is 0 Å². The molecule has 2 atom stereocenters. The molecule has 0 spiro atoms. The molecular formula is C17H29N3. The zero-order chi connectivity index (χ0) is 14.4. The molecule has 0 saturated carbocycles. The topological polar surface area (TPSA) is 32.5 Å². The minimum atomic E-state index is 0.288. The summed E-state index contributed by atoms with van der Waals surface area (Å²) < 4.78 is 0. The molecule has 1 fully saturated rings. The molecule has 2 N–H and O–H groups in total. The number of hydrogen-bond donors (Lipinski definition) is 1. The summed E-state index contributed by atoms with van der Waals surface area (Å²) in [4.78, 5) is 5.02. The van der Waals surface area contributed by atoms with Gasteiger partial charge in [-0.15, -0.1) is 0 Å². The van der Waals surface area contributed by atoms with E-state index in [9.17, 15) is 0 Å². The van der Waals surface area contributed by atoms with Crippen LogP contribution in [-0.2, 0) is 6.42 Å². The lowest BCUT2D eigenvalue weighted by Gasteiger charge is -2.40. The summed E-state index contributed by atoms with van der Waals surface area (Å²) in [7, 11) is 2.24. The molecule has 112 valence electrons. The molecule has 0 aromatic heterocycles. The number of rotatable bonds is 6. The lowest BCUT2D eigenvalue weighted by atomic mass is 10.0. The zero-order valence-corrected chi connectivity index (χ0v) is 13.0. The van der Waals surface area contributed by atoms with Gasteiger partial charge in [0, 0.05) is 38.3 Å². The summed E-state index contributed by atoms with van der Waals surface area (Å²) >= 11 is 0. The van der Waals surface area contributed by atoms with Crippen molar-refractivity contribution in [3.8, 4) is 0 Å². The summed E-state index contributed by atoms with van der Waals surface area (Å²) in [6.07, 6.45) is 3.40. The van der Waals surface area contributed by atoms with Crippen molar-refractivity contribution in [1.82, 2.24) is 9.80 Å². The lowest BCUT2D eigenvalue weighted by Crippen LogP contribution is -2.53. The van der Waals surface area contributed by atoms with Crippen molar-refractivity contribution in [1.29, 1.82) is 0 Å². The molecule has 0 aliphatic carbocycles. The Balaban J connectivity index is 1.73. The van der Waals surface area contributed by atoms with Crippen LogP contribution in [0.1, 0.15) is 25.3 Å². The average molecular weight is 275 g/mol. The Morgan fingerprint density at radius 1 is 1.25 bits per heavy atom. The average Bonchev–Trinajstić information content (AvgIpc) is 2.48. The number of aryl methyl sites for hydroxylation is 1. The summed E-state index contributed by atoms with van der Waals surface area (Å²) in [5.74, 6) is 0. The zero-order valence-electron chi connectivity index (χ0n) is 13.0. The minimum absolute atomic E-state index is 0.288. The highest BCUT2D eigenvalue weighted by Gasteiger charge is 2.23. The Labute approximate surface area is 123 Å². The first-order valence-corrected chi connectivity index (χ1v) is 7.91.